The Hall–Kier alpha value is -3.92. The molecule has 0 amide bonds. The van der Waals surface area contributed by atoms with Crippen molar-refractivity contribution in [2.75, 3.05) is 10.7 Å². The molecule has 0 bridgehead atoms. The van der Waals surface area contributed by atoms with Gasteiger partial charge in [0.1, 0.15) is 23.6 Å². The van der Waals surface area contributed by atoms with Crippen LogP contribution < -0.4 is 32.4 Å². The molecule has 3 rings (SSSR count). The van der Waals surface area contributed by atoms with Crippen molar-refractivity contribution in [3.05, 3.63) is 64.7 Å². The first kappa shape index (κ1) is 21.8. The third-order valence-corrected chi connectivity index (χ3v) is 4.63. The predicted molar refractivity (Wildman–Crippen MR) is 121 cm³/mol. The van der Waals surface area contributed by atoms with Crippen molar-refractivity contribution < 1.29 is 9.13 Å². The minimum absolute atomic E-state index is 0.0383. The van der Waals surface area contributed by atoms with Gasteiger partial charge in [-0.05, 0) is 44.2 Å². The second-order valence-corrected chi connectivity index (χ2v) is 7.18. The number of aliphatic imine (C=N–C) groups is 1. The quantitative estimate of drug-likeness (QED) is 0.172. The predicted octanol–water partition coefficient (Wildman–Crippen LogP) is 2.07. The van der Waals surface area contributed by atoms with Gasteiger partial charge in [-0.15, -0.1) is 0 Å². The van der Waals surface area contributed by atoms with Crippen molar-refractivity contribution >= 4 is 29.6 Å². The zero-order chi connectivity index (χ0) is 22.7. The zero-order valence-electron chi connectivity index (χ0n) is 17.2. The first-order chi connectivity index (χ1) is 14.7. The molecule has 0 saturated heterocycles. The Bertz CT molecular complexity index is 1060. The summed E-state index contributed by atoms with van der Waals surface area (Å²) in [7, 11) is 0. The maximum atomic E-state index is 13.3. The van der Waals surface area contributed by atoms with Crippen molar-refractivity contribution in [3.63, 3.8) is 0 Å². The lowest BCUT2D eigenvalue weighted by Gasteiger charge is -2.34. The molecule has 0 fully saturated rings. The van der Waals surface area contributed by atoms with E-state index in [9.17, 15) is 4.39 Å². The highest BCUT2D eigenvalue weighted by atomic mass is 19.1. The van der Waals surface area contributed by atoms with Crippen LogP contribution in [0.5, 0.6) is 5.75 Å². The van der Waals surface area contributed by atoms with E-state index in [0.29, 0.717) is 33.8 Å². The number of anilines is 2. The van der Waals surface area contributed by atoms with Crippen LogP contribution >= 0.6 is 0 Å². The van der Waals surface area contributed by atoms with Crippen LogP contribution in [0.25, 0.3) is 0 Å². The summed E-state index contributed by atoms with van der Waals surface area (Å²) in [5, 5.41) is 20.6. The summed E-state index contributed by atoms with van der Waals surface area (Å²) in [4.78, 5) is 4.06. The number of hydrazine groups is 1. The summed E-state index contributed by atoms with van der Waals surface area (Å²) < 4.78 is 19.2. The molecule has 0 radical (unpaired) electrons. The van der Waals surface area contributed by atoms with Crippen molar-refractivity contribution in [2.45, 2.75) is 26.1 Å². The Kier molecular flexibility index (Phi) is 6.21. The Morgan fingerprint density at radius 3 is 2.55 bits per heavy atom. The Morgan fingerprint density at radius 2 is 1.94 bits per heavy atom. The number of rotatable bonds is 7. The number of hydrogen-bond acceptors (Lipinski definition) is 9. The fourth-order valence-corrected chi connectivity index (χ4v) is 3.14. The highest BCUT2D eigenvalue weighted by Gasteiger charge is 2.30. The van der Waals surface area contributed by atoms with Gasteiger partial charge in [0.15, 0.2) is 0 Å². The van der Waals surface area contributed by atoms with Crippen molar-refractivity contribution in [3.8, 4) is 5.75 Å². The van der Waals surface area contributed by atoms with E-state index in [1.807, 2.05) is 13.8 Å². The summed E-state index contributed by atoms with van der Waals surface area (Å²) >= 11 is 0. The fourth-order valence-electron chi connectivity index (χ4n) is 3.14. The van der Waals surface area contributed by atoms with Crippen LogP contribution in [0.2, 0.25) is 0 Å². The third-order valence-electron chi connectivity index (χ3n) is 4.63. The minimum atomic E-state index is -0.785. The number of nitrogens with one attached hydrogen (secondary N) is 3. The molecule has 1 atom stereocenters. The topological polar surface area (TPSA) is 163 Å². The second-order valence-electron chi connectivity index (χ2n) is 7.18. The molecule has 1 aliphatic heterocycles. The average molecular weight is 424 g/mol. The molecule has 0 aliphatic carbocycles. The van der Waals surface area contributed by atoms with Gasteiger partial charge in [0.25, 0.3) is 0 Å². The Labute approximate surface area is 179 Å². The van der Waals surface area contributed by atoms with Crippen molar-refractivity contribution in [2.24, 2.45) is 16.6 Å². The molecule has 2 aromatic carbocycles. The molecule has 2 aromatic rings. The summed E-state index contributed by atoms with van der Waals surface area (Å²) in [5.41, 5.74) is 14.2. The fraction of sp³-hybridized carbons (Fsp3) is 0.190. The summed E-state index contributed by atoms with van der Waals surface area (Å²) in [6, 6.07) is 8.73. The number of nitrogens with two attached hydrogens (primary N) is 3. The molecule has 9 nitrogen and oxygen atoms in total. The highest BCUT2D eigenvalue weighted by Crippen LogP contribution is 2.34. The monoisotopic (exact) mass is 424 g/mol. The second kappa shape index (κ2) is 8.84. The standard InChI is InChI=1S/C21H25FN8O/c1-11(2)31-17-8-15(24)13(9-23)7-16(17)30(27)21-18(20(26)28-10-29-21)19(25)12-3-5-14(22)6-4-12/h3-11,21,23,25H,24,26-27H2,1-2H3,(H,28,29). The molecule has 31 heavy (non-hydrogen) atoms. The van der Waals surface area contributed by atoms with Crippen LogP contribution in [0.4, 0.5) is 15.8 Å². The first-order valence-electron chi connectivity index (χ1n) is 9.50. The van der Waals surface area contributed by atoms with Crippen molar-refractivity contribution in [1.82, 2.24) is 5.32 Å². The number of nitrogens with zero attached hydrogens (tertiary/aromatic N) is 2. The molecule has 162 valence electrons. The molecule has 1 unspecified atom stereocenters. The SMILES string of the molecule is CC(C)Oc1cc(N)c(C=N)cc1N(N)C1NC=NC(N)=C1C(=N)c1ccc(F)cc1. The van der Waals surface area contributed by atoms with Crippen LogP contribution in [0.1, 0.15) is 25.0 Å². The van der Waals surface area contributed by atoms with E-state index in [1.54, 1.807) is 12.1 Å². The number of halogens is 1. The van der Waals surface area contributed by atoms with Gasteiger partial charge in [-0.3, -0.25) is 10.4 Å². The van der Waals surface area contributed by atoms with E-state index in [-0.39, 0.29) is 17.6 Å². The number of benzene rings is 2. The van der Waals surface area contributed by atoms with Gasteiger partial charge >= 0.3 is 0 Å². The maximum Gasteiger partial charge on any atom is 0.146 e. The number of ether oxygens (including phenoxy) is 1. The van der Waals surface area contributed by atoms with Crippen molar-refractivity contribution in [1.29, 1.82) is 10.8 Å². The summed E-state index contributed by atoms with van der Waals surface area (Å²) in [6.45, 7) is 3.73. The van der Waals surface area contributed by atoms with Crippen LogP contribution in [0, 0.1) is 16.6 Å². The van der Waals surface area contributed by atoms with E-state index in [1.165, 1.54) is 35.6 Å². The number of hydrogen-bond donors (Lipinski definition) is 6. The highest BCUT2D eigenvalue weighted by molar-refractivity contribution is 6.12. The largest absolute Gasteiger partial charge is 0.489 e. The molecule has 10 heteroatoms. The zero-order valence-corrected chi connectivity index (χ0v) is 17.2. The van der Waals surface area contributed by atoms with Crippen LogP contribution in [-0.2, 0) is 0 Å². The number of nitrogen functional groups attached to an aromatic ring is 1. The first-order valence-corrected chi connectivity index (χ1v) is 9.50. The van der Waals surface area contributed by atoms with E-state index in [2.05, 4.69) is 10.3 Å². The Morgan fingerprint density at radius 1 is 1.26 bits per heavy atom. The van der Waals surface area contributed by atoms with Gasteiger partial charge in [-0.2, -0.15) is 0 Å². The molecule has 0 saturated carbocycles. The lowest BCUT2D eigenvalue weighted by molar-refractivity contribution is 0.242. The minimum Gasteiger partial charge on any atom is -0.489 e. The van der Waals surface area contributed by atoms with Gasteiger partial charge in [0.2, 0.25) is 0 Å². The third kappa shape index (κ3) is 4.48. The molecule has 1 heterocycles. The van der Waals surface area contributed by atoms with Crippen LogP contribution in [0.15, 0.2) is 52.8 Å². The molecular formula is C21H25FN8O. The normalized spacial score (nSPS) is 15.6. The van der Waals surface area contributed by atoms with Gasteiger partial charge in [0.05, 0.1) is 29.4 Å². The van der Waals surface area contributed by atoms with E-state index < -0.39 is 12.0 Å². The lowest BCUT2D eigenvalue weighted by atomic mass is 9.98. The van der Waals surface area contributed by atoms with Gasteiger partial charge in [-0.1, -0.05) is 0 Å². The lowest BCUT2D eigenvalue weighted by Crippen LogP contribution is -2.54. The average Bonchev–Trinajstić information content (AvgIpc) is 2.73. The van der Waals surface area contributed by atoms with E-state index in [4.69, 9.17) is 32.9 Å². The molecular weight excluding hydrogens is 399 g/mol. The van der Waals surface area contributed by atoms with Gasteiger partial charge in [-0.25, -0.2) is 15.2 Å². The maximum absolute atomic E-state index is 13.3. The van der Waals surface area contributed by atoms with Crippen LogP contribution in [0.3, 0.4) is 0 Å². The molecule has 0 spiro atoms. The molecule has 9 N–H and O–H groups in total. The summed E-state index contributed by atoms with van der Waals surface area (Å²) in [6.07, 6.45) is 1.56. The summed E-state index contributed by atoms with van der Waals surface area (Å²) in [5.74, 6) is 6.58. The molecule has 0 aromatic heterocycles. The van der Waals surface area contributed by atoms with Crippen LogP contribution in [-0.4, -0.2) is 30.5 Å². The van der Waals surface area contributed by atoms with Gasteiger partial charge in [0, 0.05) is 29.1 Å². The van der Waals surface area contributed by atoms with E-state index >= 15 is 0 Å². The van der Waals surface area contributed by atoms with Gasteiger partial charge < -0.3 is 26.9 Å². The van der Waals surface area contributed by atoms with E-state index in [0.717, 1.165) is 6.21 Å². The molecule has 1 aliphatic rings. The Balaban J connectivity index is 2.06. The smallest absolute Gasteiger partial charge is 0.146 e.